The Morgan fingerprint density at radius 3 is 3.13 bits per heavy atom. The van der Waals surface area contributed by atoms with Gasteiger partial charge in [-0.25, -0.2) is 4.98 Å². The summed E-state index contributed by atoms with van der Waals surface area (Å²) in [6.45, 7) is 2.07. The Labute approximate surface area is 91.5 Å². The molecule has 1 atom stereocenters. The van der Waals surface area contributed by atoms with Crippen molar-refractivity contribution in [2.75, 3.05) is 7.05 Å². The molecule has 0 bridgehead atoms. The van der Waals surface area contributed by atoms with Crippen LogP contribution in [0.1, 0.15) is 12.7 Å². The molecular weight excluding hydrogens is 212 g/mol. The number of nitrogens with one attached hydrogen (secondary N) is 1. The van der Waals surface area contributed by atoms with E-state index in [0.29, 0.717) is 17.8 Å². The zero-order chi connectivity index (χ0) is 10.7. The van der Waals surface area contributed by atoms with Crippen LogP contribution in [0.3, 0.4) is 0 Å². The molecule has 1 N–H and O–H groups in total. The molecule has 0 aliphatic rings. The highest BCUT2D eigenvalue weighted by molar-refractivity contribution is 7.07. The highest BCUT2D eigenvalue weighted by Gasteiger charge is 2.11. The molecule has 2 aromatic heterocycles. The van der Waals surface area contributed by atoms with Crippen LogP contribution in [-0.4, -0.2) is 28.2 Å². The summed E-state index contributed by atoms with van der Waals surface area (Å²) < 4.78 is 5.11. The second-order valence-corrected chi connectivity index (χ2v) is 4.00. The van der Waals surface area contributed by atoms with Gasteiger partial charge in [0.05, 0.1) is 5.51 Å². The number of hydrogen-bond acceptors (Lipinski definition) is 6. The monoisotopic (exact) mass is 224 g/mol. The molecule has 0 amide bonds. The second-order valence-electron chi connectivity index (χ2n) is 3.28. The molecule has 0 fully saturated rings. The molecule has 2 aromatic rings. The standard InChI is InChI=1S/C9H12N4OS/c1-6(10-2)3-8-12-9(14-13-8)7-4-15-5-11-7/h4-6,10H,3H2,1-2H3. The van der Waals surface area contributed by atoms with E-state index in [0.717, 1.165) is 12.1 Å². The fourth-order valence-electron chi connectivity index (χ4n) is 1.13. The van der Waals surface area contributed by atoms with Crippen LogP contribution in [0.5, 0.6) is 0 Å². The van der Waals surface area contributed by atoms with Gasteiger partial charge in [0.25, 0.3) is 5.89 Å². The van der Waals surface area contributed by atoms with Crippen LogP contribution in [0, 0.1) is 0 Å². The zero-order valence-electron chi connectivity index (χ0n) is 8.60. The van der Waals surface area contributed by atoms with Crippen molar-refractivity contribution in [2.24, 2.45) is 0 Å². The predicted octanol–water partition coefficient (Wildman–Crippen LogP) is 1.34. The molecule has 0 spiro atoms. The van der Waals surface area contributed by atoms with Gasteiger partial charge in [0.15, 0.2) is 5.82 Å². The first kappa shape index (κ1) is 10.3. The van der Waals surface area contributed by atoms with E-state index in [9.17, 15) is 0 Å². The average molecular weight is 224 g/mol. The van der Waals surface area contributed by atoms with Gasteiger partial charge >= 0.3 is 0 Å². The first-order chi connectivity index (χ1) is 7.29. The molecule has 2 heterocycles. The number of thiazole rings is 1. The fourth-order valence-corrected chi connectivity index (χ4v) is 1.66. The van der Waals surface area contributed by atoms with Crippen molar-refractivity contribution in [3.05, 3.63) is 16.7 Å². The molecule has 0 saturated heterocycles. The molecule has 15 heavy (non-hydrogen) atoms. The molecule has 0 saturated carbocycles. The SMILES string of the molecule is CNC(C)Cc1noc(-c2cscn2)n1. The normalized spacial score (nSPS) is 12.9. The van der Waals surface area contributed by atoms with Gasteiger partial charge in [0, 0.05) is 17.8 Å². The predicted molar refractivity (Wildman–Crippen MR) is 57.6 cm³/mol. The third-order valence-corrected chi connectivity index (χ3v) is 2.69. The summed E-state index contributed by atoms with van der Waals surface area (Å²) in [5.74, 6) is 1.20. The number of likely N-dealkylation sites (N-methyl/N-ethyl adjacent to an activating group) is 1. The van der Waals surface area contributed by atoms with Gasteiger partial charge in [0.1, 0.15) is 5.69 Å². The molecule has 80 valence electrons. The fraction of sp³-hybridized carbons (Fsp3) is 0.444. The first-order valence-electron chi connectivity index (χ1n) is 4.68. The number of nitrogens with zero attached hydrogens (tertiary/aromatic N) is 3. The molecular formula is C9H12N4OS. The lowest BCUT2D eigenvalue weighted by Crippen LogP contribution is -2.24. The summed E-state index contributed by atoms with van der Waals surface area (Å²) >= 11 is 1.51. The van der Waals surface area contributed by atoms with E-state index in [4.69, 9.17) is 4.52 Å². The van der Waals surface area contributed by atoms with Crippen LogP contribution >= 0.6 is 11.3 Å². The number of hydrogen-bond donors (Lipinski definition) is 1. The van der Waals surface area contributed by atoms with E-state index in [1.54, 1.807) is 5.51 Å². The topological polar surface area (TPSA) is 63.8 Å². The van der Waals surface area contributed by atoms with E-state index in [2.05, 4.69) is 27.4 Å². The lowest BCUT2D eigenvalue weighted by Gasteiger charge is -2.04. The lowest BCUT2D eigenvalue weighted by atomic mass is 10.2. The third-order valence-electron chi connectivity index (χ3n) is 2.10. The van der Waals surface area contributed by atoms with Crippen molar-refractivity contribution in [1.29, 1.82) is 0 Å². The van der Waals surface area contributed by atoms with Crippen molar-refractivity contribution < 1.29 is 4.52 Å². The summed E-state index contributed by atoms with van der Waals surface area (Å²) in [5.41, 5.74) is 2.49. The Balaban J connectivity index is 2.11. The third kappa shape index (κ3) is 2.40. The van der Waals surface area contributed by atoms with E-state index in [1.165, 1.54) is 11.3 Å². The first-order valence-corrected chi connectivity index (χ1v) is 5.62. The average Bonchev–Trinajstić information content (AvgIpc) is 2.85. The zero-order valence-corrected chi connectivity index (χ0v) is 9.41. The minimum atomic E-state index is 0.339. The molecule has 5 nitrogen and oxygen atoms in total. The minimum Gasteiger partial charge on any atom is -0.332 e. The summed E-state index contributed by atoms with van der Waals surface area (Å²) in [4.78, 5) is 8.37. The van der Waals surface area contributed by atoms with Crippen molar-refractivity contribution in [1.82, 2.24) is 20.4 Å². The molecule has 1 unspecified atom stereocenters. The van der Waals surface area contributed by atoms with Gasteiger partial charge in [0.2, 0.25) is 0 Å². The number of rotatable bonds is 4. The van der Waals surface area contributed by atoms with Crippen LogP contribution in [0.15, 0.2) is 15.4 Å². The van der Waals surface area contributed by atoms with Crippen molar-refractivity contribution >= 4 is 11.3 Å². The van der Waals surface area contributed by atoms with Crippen LogP contribution in [0.4, 0.5) is 0 Å². The van der Waals surface area contributed by atoms with E-state index < -0.39 is 0 Å². The summed E-state index contributed by atoms with van der Waals surface area (Å²) in [6.07, 6.45) is 0.754. The highest BCUT2D eigenvalue weighted by atomic mass is 32.1. The second kappa shape index (κ2) is 4.50. The van der Waals surface area contributed by atoms with Gasteiger partial charge in [-0.1, -0.05) is 5.16 Å². The van der Waals surface area contributed by atoms with Crippen LogP contribution in [-0.2, 0) is 6.42 Å². The number of aromatic nitrogens is 3. The van der Waals surface area contributed by atoms with Gasteiger partial charge in [-0.3, -0.25) is 0 Å². The summed E-state index contributed by atoms with van der Waals surface area (Å²) in [7, 11) is 1.91. The quantitative estimate of drug-likeness (QED) is 0.849. The van der Waals surface area contributed by atoms with Crippen LogP contribution in [0.25, 0.3) is 11.6 Å². The lowest BCUT2D eigenvalue weighted by molar-refractivity contribution is 0.417. The molecule has 0 aliphatic carbocycles. The van der Waals surface area contributed by atoms with Gasteiger partial charge in [-0.05, 0) is 14.0 Å². The molecule has 0 radical (unpaired) electrons. The highest BCUT2D eigenvalue weighted by Crippen LogP contribution is 2.16. The Hall–Kier alpha value is -1.27. The smallest absolute Gasteiger partial charge is 0.277 e. The maximum absolute atomic E-state index is 5.11. The Morgan fingerprint density at radius 2 is 2.47 bits per heavy atom. The summed E-state index contributed by atoms with van der Waals surface area (Å²) in [5, 5.41) is 8.91. The molecule has 0 aromatic carbocycles. The van der Waals surface area contributed by atoms with E-state index in [-0.39, 0.29) is 0 Å². The molecule has 0 aliphatic heterocycles. The Kier molecular flexibility index (Phi) is 3.08. The molecule has 6 heteroatoms. The molecule has 2 rings (SSSR count). The van der Waals surface area contributed by atoms with Gasteiger partial charge in [-0.15, -0.1) is 11.3 Å². The maximum Gasteiger partial charge on any atom is 0.277 e. The Bertz CT molecular complexity index is 411. The van der Waals surface area contributed by atoms with Gasteiger partial charge < -0.3 is 9.84 Å². The van der Waals surface area contributed by atoms with Crippen LogP contribution < -0.4 is 5.32 Å². The van der Waals surface area contributed by atoms with Crippen molar-refractivity contribution in [2.45, 2.75) is 19.4 Å². The maximum atomic E-state index is 5.11. The van der Waals surface area contributed by atoms with E-state index >= 15 is 0 Å². The largest absolute Gasteiger partial charge is 0.332 e. The van der Waals surface area contributed by atoms with Crippen molar-refractivity contribution in [3.63, 3.8) is 0 Å². The van der Waals surface area contributed by atoms with Gasteiger partial charge in [-0.2, -0.15) is 4.98 Å². The summed E-state index contributed by atoms with van der Waals surface area (Å²) in [6, 6.07) is 0.339. The minimum absolute atomic E-state index is 0.339. The van der Waals surface area contributed by atoms with Crippen molar-refractivity contribution in [3.8, 4) is 11.6 Å². The Morgan fingerprint density at radius 1 is 1.60 bits per heavy atom. The van der Waals surface area contributed by atoms with E-state index in [1.807, 2.05) is 12.4 Å². The van der Waals surface area contributed by atoms with Crippen LogP contribution in [0.2, 0.25) is 0 Å².